The van der Waals surface area contributed by atoms with Crippen molar-refractivity contribution in [3.05, 3.63) is 28.0 Å². The van der Waals surface area contributed by atoms with Crippen LogP contribution in [0.4, 0.5) is 5.13 Å². The lowest BCUT2D eigenvalue weighted by Crippen LogP contribution is -2.13. The second-order valence-corrected chi connectivity index (χ2v) is 5.29. The van der Waals surface area contributed by atoms with Gasteiger partial charge in [-0.1, -0.05) is 11.3 Å². The third kappa shape index (κ3) is 2.06. The number of aromatic amines is 1. The summed E-state index contributed by atoms with van der Waals surface area (Å²) >= 11 is 1.25. The summed E-state index contributed by atoms with van der Waals surface area (Å²) in [6.07, 6.45) is 2.21. The summed E-state index contributed by atoms with van der Waals surface area (Å²) in [5, 5.41) is 10.5. The summed E-state index contributed by atoms with van der Waals surface area (Å²) in [7, 11) is 0. The highest BCUT2D eigenvalue weighted by atomic mass is 32.1. The van der Waals surface area contributed by atoms with Crippen LogP contribution in [0, 0.1) is 6.92 Å². The van der Waals surface area contributed by atoms with Crippen molar-refractivity contribution in [2.45, 2.75) is 26.2 Å². The van der Waals surface area contributed by atoms with Crippen LogP contribution in [-0.2, 0) is 6.42 Å². The molecule has 2 N–H and O–H groups in total. The zero-order valence-electron chi connectivity index (χ0n) is 10.3. The number of hydrogen-bond acceptors (Lipinski definition) is 5. The number of ketones is 1. The molecule has 1 aliphatic rings. The van der Waals surface area contributed by atoms with E-state index >= 15 is 0 Å². The van der Waals surface area contributed by atoms with Gasteiger partial charge in [-0.15, -0.1) is 10.2 Å². The maximum atomic E-state index is 12.1. The van der Waals surface area contributed by atoms with E-state index in [-0.39, 0.29) is 11.7 Å². The number of rotatable bonds is 2. The Balaban J connectivity index is 1.93. The van der Waals surface area contributed by atoms with Gasteiger partial charge in [0.2, 0.25) is 5.13 Å². The number of hydrogen-bond donors (Lipinski definition) is 2. The molecule has 0 spiro atoms. The molecule has 0 bridgehead atoms. The molecule has 0 aromatic carbocycles. The smallest absolute Gasteiger partial charge is 0.274 e. The van der Waals surface area contributed by atoms with Crippen molar-refractivity contribution in [2.24, 2.45) is 0 Å². The Morgan fingerprint density at radius 1 is 1.47 bits per heavy atom. The van der Waals surface area contributed by atoms with Crippen LogP contribution in [0.1, 0.15) is 44.9 Å². The lowest BCUT2D eigenvalue weighted by Gasteiger charge is -2.09. The van der Waals surface area contributed by atoms with Crippen LogP contribution in [0.5, 0.6) is 0 Å². The number of carbonyl (C=O) groups excluding carboxylic acids is 2. The summed E-state index contributed by atoms with van der Waals surface area (Å²) in [4.78, 5) is 27.1. The topological polar surface area (TPSA) is 87.7 Å². The summed E-state index contributed by atoms with van der Waals surface area (Å²) in [6, 6.07) is 0. The number of aromatic nitrogens is 3. The lowest BCUT2D eigenvalue weighted by molar-refractivity contribution is 0.0971. The fraction of sp³-hybridized carbons (Fsp3) is 0.333. The SMILES string of the molecule is Cc1c(C(=O)Nc2nncs2)[nH]c2c1C(=O)CCC2. The van der Waals surface area contributed by atoms with E-state index in [1.54, 1.807) is 12.4 Å². The number of nitrogens with zero attached hydrogens (tertiary/aromatic N) is 2. The molecule has 1 aliphatic carbocycles. The Labute approximate surface area is 113 Å². The van der Waals surface area contributed by atoms with Crippen molar-refractivity contribution in [3.63, 3.8) is 0 Å². The Hall–Kier alpha value is -2.02. The van der Waals surface area contributed by atoms with E-state index in [9.17, 15) is 9.59 Å². The predicted octanol–water partition coefficient (Wildman–Crippen LogP) is 1.95. The molecule has 0 atom stereocenters. The summed E-state index contributed by atoms with van der Waals surface area (Å²) < 4.78 is 0. The molecule has 98 valence electrons. The van der Waals surface area contributed by atoms with Crippen molar-refractivity contribution in [1.29, 1.82) is 0 Å². The summed E-state index contributed by atoms with van der Waals surface area (Å²) in [6.45, 7) is 1.80. The minimum Gasteiger partial charge on any atom is -0.354 e. The number of Topliss-reactive ketones (excluding diaryl/α,β-unsaturated/α-hetero) is 1. The molecular weight excluding hydrogens is 264 g/mol. The van der Waals surface area contributed by atoms with Crippen LogP contribution < -0.4 is 5.32 Å². The van der Waals surface area contributed by atoms with E-state index in [0.717, 1.165) is 24.1 Å². The van der Waals surface area contributed by atoms with Crippen molar-refractivity contribution < 1.29 is 9.59 Å². The van der Waals surface area contributed by atoms with Gasteiger partial charge in [-0.2, -0.15) is 0 Å². The van der Waals surface area contributed by atoms with Gasteiger partial charge in [-0.05, 0) is 25.3 Å². The van der Waals surface area contributed by atoms with E-state index < -0.39 is 0 Å². The summed E-state index contributed by atoms with van der Waals surface area (Å²) in [5.41, 5.74) is 4.27. The zero-order valence-corrected chi connectivity index (χ0v) is 11.1. The molecule has 19 heavy (non-hydrogen) atoms. The monoisotopic (exact) mass is 276 g/mol. The second-order valence-electron chi connectivity index (χ2n) is 4.45. The van der Waals surface area contributed by atoms with Gasteiger partial charge in [0.1, 0.15) is 11.2 Å². The van der Waals surface area contributed by atoms with Gasteiger partial charge >= 0.3 is 0 Å². The quantitative estimate of drug-likeness (QED) is 0.877. The molecule has 0 radical (unpaired) electrons. The average Bonchev–Trinajstić information content (AvgIpc) is 2.98. The van der Waals surface area contributed by atoms with E-state index in [1.807, 2.05) is 0 Å². The number of H-pyrrole nitrogens is 1. The first kappa shape index (κ1) is 12.0. The molecular formula is C12H12N4O2S. The molecule has 0 unspecified atom stereocenters. The second kappa shape index (κ2) is 4.58. The van der Waals surface area contributed by atoms with Crippen LogP contribution in [0.2, 0.25) is 0 Å². The number of amides is 1. The first-order chi connectivity index (χ1) is 9.16. The molecule has 2 aromatic heterocycles. The fourth-order valence-corrected chi connectivity index (χ4v) is 2.83. The molecule has 6 nitrogen and oxygen atoms in total. The van der Waals surface area contributed by atoms with Crippen LogP contribution >= 0.6 is 11.3 Å². The van der Waals surface area contributed by atoms with Gasteiger partial charge < -0.3 is 4.98 Å². The van der Waals surface area contributed by atoms with E-state index in [0.29, 0.717) is 22.8 Å². The summed E-state index contributed by atoms with van der Waals surface area (Å²) in [5.74, 6) is -0.165. The Kier molecular flexibility index (Phi) is 2.90. The fourth-order valence-electron chi connectivity index (χ4n) is 2.39. The highest BCUT2D eigenvalue weighted by molar-refractivity contribution is 7.13. The van der Waals surface area contributed by atoms with Gasteiger partial charge in [-0.25, -0.2) is 0 Å². The molecule has 0 fully saturated rings. The third-order valence-electron chi connectivity index (χ3n) is 3.24. The molecule has 3 rings (SSSR count). The number of carbonyl (C=O) groups is 2. The van der Waals surface area contributed by atoms with Crippen LogP contribution in [0.25, 0.3) is 0 Å². The number of anilines is 1. The number of nitrogens with one attached hydrogen (secondary N) is 2. The van der Waals surface area contributed by atoms with Gasteiger partial charge in [0, 0.05) is 17.7 Å². The van der Waals surface area contributed by atoms with Crippen LogP contribution in [-0.4, -0.2) is 26.9 Å². The minimum absolute atomic E-state index is 0.116. The van der Waals surface area contributed by atoms with Crippen LogP contribution in [0.15, 0.2) is 5.51 Å². The Morgan fingerprint density at radius 2 is 2.32 bits per heavy atom. The van der Waals surface area contributed by atoms with Crippen molar-refractivity contribution in [1.82, 2.24) is 15.2 Å². The number of aryl methyl sites for hydroxylation is 1. The lowest BCUT2D eigenvalue weighted by atomic mass is 9.94. The van der Waals surface area contributed by atoms with E-state index in [2.05, 4.69) is 20.5 Å². The normalized spacial score (nSPS) is 14.3. The molecule has 0 saturated carbocycles. The van der Waals surface area contributed by atoms with Gasteiger partial charge in [-0.3, -0.25) is 14.9 Å². The van der Waals surface area contributed by atoms with Crippen molar-refractivity contribution in [2.75, 3.05) is 5.32 Å². The Bertz CT molecular complexity index is 645. The molecule has 1 amide bonds. The third-order valence-corrected chi connectivity index (χ3v) is 3.85. The first-order valence-electron chi connectivity index (χ1n) is 5.99. The maximum Gasteiger partial charge on any atom is 0.274 e. The predicted molar refractivity (Wildman–Crippen MR) is 70.7 cm³/mol. The van der Waals surface area contributed by atoms with E-state index in [4.69, 9.17) is 0 Å². The van der Waals surface area contributed by atoms with Gasteiger partial charge in [0.25, 0.3) is 5.91 Å². The maximum absolute atomic E-state index is 12.1. The van der Waals surface area contributed by atoms with Crippen molar-refractivity contribution >= 4 is 28.2 Å². The van der Waals surface area contributed by atoms with Crippen molar-refractivity contribution in [3.8, 4) is 0 Å². The molecule has 0 aliphatic heterocycles. The standard InChI is InChI=1S/C12H12N4O2S/c1-6-9-7(3-2-4-8(9)17)14-10(6)11(18)15-12-16-13-5-19-12/h5,14H,2-4H2,1H3,(H,15,16,18). The zero-order chi connectivity index (χ0) is 13.4. The molecule has 2 aromatic rings. The molecule has 0 saturated heterocycles. The number of fused-ring (bicyclic) bond motifs is 1. The first-order valence-corrected chi connectivity index (χ1v) is 6.87. The van der Waals surface area contributed by atoms with E-state index in [1.165, 1.54) is 11.3 Å². The average molecular weight is 276 g/mol. The molecule has 2 heterocycles. The van der Waals surface area contributed by atoms with Crippen LogP contribution in [0.3, 0.4) is 0 Å². The highest BCUT2D eigenvalue weighted by Gasteiger charge is 2.26. The molecule has 7 heteroatoms. The van der Waals surface area contributed by atoms with Gasteiger partial charge in [0.05, 0.1) is 0 Å². The highest BCUT2D eigenvalue weighted by Crippen LogP contribution is 2.26. The van der Waals surface area contributed by atoms with Gasteiger partial charge in [0.15, 0.2) is 5.78 Å². The minimum atomic E-state index is -0.281. The largest absolute Gasteiger partial charge is 0.354 e. The Morgan fingerprint density at radius 3 is 3.00 bits per heavy atom.